The minimum Gasteiger partial charge on any atom is -0.357 e. The monoisotopic (exact) mass is 517 g/mol. The Morgan fingerprint density at radius 1 is 1.07 bits per heavy atom. The van der Waals surface area contributed by atoms with Crippen LogP contribution in [-0.2, 0) is 10.0 Å². The number of halogens is 1. The fourth-order valence-corrected chi connectivity index (χ4v) is 3.77. The van der Waals surface area contributed by atoms with E-state index >= 15 is 0 Å². The smallest absolute Gasteiger partial charge is 0.208 e. The lowest BCUT2D eigenvalue weighted by atomic mass is 10.0. The molecule has 1 saturated heterocycles. The summed E-state index contributed by atoms with van der Waals surface area (Å²) in [5.74, 6) is 1.38. The van der Waals surface area contributed by atoms with Crippen LogP contribution < -0.4 is 15.4 Å². The first-order valence-electron chi connectivity index (χ1n) is 10.0. The molecular formula is C18H40IN5O2S. The number of nitrogens with one attached hydrogen (secondary N) is 3. The van der Waals surface area contributed by atoms with Crippen LogP contribution in [0.5, 0.6) is 0 Å². The van der Waals surface area contributed by atoms with Crippen LogP contribution in [0.3, 0.4) is 0 Å². The van der Waals surface area contributed by atoms with Crippen molar-refractivity contribution in [3.05, 3.63) is 0 Å². The zero-order valence-electron chi connectivity index (χ0n) is 17.5. The third kappa shape index (κ3) is 12.8. The van der Waals surface area contributed by atoms with Crippen LogP contribution in [0.25, 0.3) is 0 Å². The number of rotatable bonds is 10. The van der Waals surface area contributed by atoms with Gasteiger partial charge < -0.3 is 10.6 Å². The highest BCUT2D eigenvalue weighted by atomic mass is 127. The van der Waals surface area contributed by atoms with Gasteiger partial charge in [0, 0.05) is 25.7 Å². The molecule has 0 saturated carbocycles. The predicted molar refractivity (Wildman–Crippen MR) is 126 cm³/mol. The molecule has 9 heteroatoms. The van der Waals surface area contributed by atoms with E-state index in [4.69, 9.17) is 4.99 Å². The molecule has 1 aliphatic rings. The van der Waals surface area contributed by atoms with Crippen molar-refractivity contribution in [1.29, 1.82) is 0 Å². The highest BCUT2D eigenvalue weighted by Gasteiger charge is 2.22. The fraction of sp³-hybridized carbons (Fsp3) is 0.944. The summed E-state index contributed by atoms with van der Waals surface area (Å²) in [7, 11) is -3.11. The molecule has 1 atom stereocenters. The van der Waals surface area contributed by atoms with Gasteiger partial charge in [-0.3, -0.25) is 9.89 Å². The molecule has 1 heterocycles. The quantitative estimate of drug-likeness (QED) is 0.179. The Bertz CT molecular complexity index is 506. The largest absolute Gasteiger partial charge is 0.357 e. The lowest BCUT2D eigenvalue weighted by Crippen LogP contribution is -2.44. The van der Waals surface area contributed by atoms with Crippen molar-refractivity contribution in [3.8, 4) is 0 Å². The van der Waals surface area contributed by atoms with E-state index in [1.54, 1.807) is 0 Å². The van der Waals surface area contributed by atoms with E-state index in [0.717, 1.165) is 25.5 Å². The summed E-state index contributed by atoms with van der Waals surface area (Å²) in [6.45, 7) is 11.7. The molecule has 0 radical (unpaired) electrons. The van der Waals surface area contributed by atoms with Crippen LogP contribution in [0.15, 0.2) is 4.99 Å². The Morgan fingerprint density at radius 3 is 2.22 bits per heavy atom. The topological polar surface area (TPSA) is 85.8 Å². The number of aliphatic imine (C=N–C) groups is 1. The average molecular weight is 518 g/mol. The molecule has 1 unspecified atom stereocenters. The summed E-state index contributed by atoms with van der Waals surface area (Å²) in [4.78, 5) is 7.41. The maximum Gasteiger partial charge on any atom is 0.208 e. The van der Waals surface area contributed by atoms with Gasteiger partial charge in [0.05, 0.1) is 12.8 Å². The van der Waals surface area contributed by atoms with Gasteiger partial charge in [0.1, 0.15) is 0 Å². The van der Waals surface area contributed by atoms with Crippen molar-refractivity contribution >= 4 is 40.0 Å². The van der Waals surface area contributed by atoms with Crippen LogP contribution in [0.2, 0.25) is 0 Å². The fourth-order valence-electron chi connectivity index (χ4n) is 3.25. The molecule has 3 N–H and O–H groups in total. The Balaban J connectivity index is 0.00000676. The Labute approximate surface area is 183 Å². The average Bonchev–Trinajstić information content (AvgIpc) is 2.82. The van der Waals surface area contributed by atoms with E-state index < -0.39 is 10.0 Å². The van der Waals surface area contributed by atoms with Crippen molar-refractivity contribution in [2.75, 3.05) is 45.5 Å². The second-order valence-corrected chi connectivity index (χ2v) is 9.26. The number of hydrogen-bond acceptors (Lipinski definition) is 4. The number of hydrogen-bond donors (Lipinski definition) is 3. The van der Waals surface area contributed by atoms with E-state index in [1.165, 1.54) is 45.0 Å². The van der Waals surface area contributed by atoms with Crippen molar-refractivity contribution in [2.45, 2.75) is 58.9 Å². The van der Waals surface area contributed by atoms with E-state index in [2.05, 4.69) is 41.0 Å². The van der Waals surface area contributed by atoms with Crippen LogP contribution in [0.4, 0.5) is 0 Å². The van der Waals surface area contributed by atoms with Crippen LogP contribution >= 0.6 is 24.0 Å². The van der Waals surface area contributed by atoms with Crippen molar-refractivity contribution < 1.29 is 8.42 Å². The lowest BCUT2D eigenvalue weighted by Gasteiger charge is -2.32. The zero-order chi connectivity index (χ0) is 19.4. The second kappa shape index (κ2) is 14.8. The van der Waals surface area contributed by atoms with Gasteiger partial charge >= 0.3 is 0 Å². The summed E-state index contributed by atoms with van der Waals surface area (Å²) in [5, 5.41) is 6.58. The molecule has 0 spiro atoms. The Morgan fingerprint density at radius 2 is 1.70 bits per heavy atom. The Hall–Kier alpha value is -0.130. The number of sulfonamides is 1. The summed E-state index contributed by atoms with van der Waals surface area (Å²) >= 11 is 0. The molecule has 0 aliphatic carbocycles. The van der Waals surface area contributed by atoms with Crippen LogP contribution in [-0.4, -0.2) is 70.8 Å². The van der Waals surface area contributed by atoms with Gasteiger partial charge in [0.15, 0.2) is 5.96 Å². The third-order valence-corrected chi connectivity index (χ3v) is 5.40. The standard InChI is InChI=1S/C18H39N5O2S.HI/c1-5-19-18(20-11-10-12-22-26(4,24)25)21-15-17(16(2)3)23-13-8-6-7-9-14-23;/h16-17,22H,5-15H2,1-4H3,(H2,19,20,21);1H. The normalized spacial score (nSPS) is 17.9. The number of likely N-dealkylation sites (tertiary alicyclic amines) is 1. The zero-order valence-corrected chi connectivity index (χ0v) is 20.6. The predicted octanol–water partition coefficient (Wildman–Crippen LogP) is 2.00. The molecule has 0 amide bonds. The Kier molecular flexibility index (Phi) is 14.7. The first-order valence-corrected chi connectivity index (χ1v) is 11.9. The van der Waals surface area contributed by atoms with Crippen molar-refractivity contribution in [3.63, 3.8) is 0 Å². The maximum atomic E-state index is 11.1. The van der Waals surface area contributed by atoms with Gasteiger partial charge in [-0.05, 0) is 45.2 Å². The van der Waals surface area contributed by atoms with E-state index in [-0.39, 0.29) is 24.0 Å². The highest BCUT2D eigenvalue weighted by Crippen LogP contribution is 2.17. The van der Waals surface area contributed by atoms with Crippen molar-refractivity contribution in [2.24, 2.45) is 10.9 Å². The molecule has 0 bridgehead atoms. The maximum absolute atomic E-state index is 11.1. The van der Waals surface area contributed by atoms with Gasteiger partial charge in [-0.25, -0.2) is 13.1 Å². The number of guanidine groups is 1. The first-order chi connectivity index (χ1) is 12.3. The molecule has 1 aliphatic heterocycles. The molecule has 27 heavy (non-hydrogen) atoms. The second-order valence-electron chi connectivity index (χ2n) is 7.43. The molecule has 162 valence electrons. The molecule has 0 aromatic heterocycles. The molecule has 1 fully saturated rings. The summed E-state index contributed by atoms with van der Waals surface area (Å²) in [5.41, 5.74) is 0. The van der Waals surface area contributed by atoms with Gasteiger partial charge in [-0.15, -0.1) is 24.0 Å². The molecule has 0 aromatic rings. The van der Waals surface area contributed by atoms with Gasteiger partial charge in [0.2, 0.25) is 10.0 Å². The minimum absolute atomic E-state index is 0. The van der Waals surface area contributed by atoms with Crippen molar-refractivity contribution in [1.82, 2.24) is 20.3 Å². The SMILES string of the molecule is CCNC(=NCC(C(C)C)N1CCCCCC1)NCCCNS(C)(=O)=O.I. The van der Waals surface area contributed by atoms with Crippen LogP contribution in [0.1, 0.15) is 52.9 Å². The minimum atomic E-state index is -3.11. The number of nitrogens with zero attached hydrogens (tertiary/aromatic N) is 2. The van der Waals surface area contributed by atoms with Gasteiger partial charge in [0.25, 0.3) is 0 Å². The van der Waals surface area contributed by atoms with Gasteiger partial charge in [-0.2, -0.15) is 0 Å². The van der Waals surface area contributed by atoms with E-state index in [9.17, 15) is 8.42 Å². The van der Waals surface area contributed by atoms with Crippen LogP contribution in [0, 0.1) is 5.92 Å². The summed E-state index contributed by atoms with van der Waals surface area (Å²) in [6.07, 6.45) is 7.17. The summed E-state index contributed by atoms with van der Waals surface area (Å²) < 4.78 is 24.7. The molecule has 7 nitrogen and oxygen atoms in total. The third-order valence-electron chi connectivity index (χ3n) is 4.67. The highest BCUT2D eigenvalue weighted by molar-refractivity contribution is 14.0. The van der Waals surface area contributed by atoms with E-state index in [1.807, 2.05) is 0 Å². The molecular weight excluding hydrogens is 477 g/mol. The first kappa shape index (κ1) is 26.9. The van der Waals surface area contributed by atoms with E-state index in [0.29, 0.717) is 25.0 Å². The van der Waals surface area contributed by atoms with Gasteiger partial charge in [-0.1, -0.05) is 26.7 Å². The lowest BCUT2D eigenvalue weighted by molar-refractivity contribution is 0.166. The molecule has 1 rings (SSSR count). The molecule has 0 aromatic carbocycles. The summed E-state index contributed by atoms with van der Waals surface area (Å²) in [6, 6.07) is 0.468.